The van der Waals surface area contributed by atoms with E-state index in [1.54, 1.807) is 0 Å². The van der Waals surface area contributed by atoms with Crippen LogP contribution in [0.1, 0.15) is 71.1 Å². The van der Waals surface area contributed by atoms with Crippen molar-refractivity contribution in [3.05, 3.63) is 0 Å². The molecule has 1 amide bonds. The van der Waals surface area contributed by atoms with E-state index in [1.807, 2.05) is 0 Å². The standard InChI is InChI=1S/C19H34N2O.ClH/c1-16(17-7-5-11-20-14-17)13-18(22)21-12-6-10-19(15-21)8-3-2-4-9-19;/h16-17,20H,2-15H2,1H3;1H. The molecule has 4 heteroatoms. The van der Waals surface area contributed by atoms with Crippen molar-refractivity contribution in [2.24, 2.45) is 17.3 Å². The lowest BCUT2D eigenvalue weighted by Gasteiger charge is -2.45. The summed E-state index contributed by atoms with van der Waals surface area (Å²) >= 11 is 0. The van der Waals surface area contributed by atoms with E-state index in [1.165, 1.54) is 57.8 Å². The lowest BCUT2D eigenvalue weighted by atomic mass is 9.69. The predicted octanol–water partition coefficient (Wildman–Crippen LogP) is 4.01. The highest BCUT2D eigenvalue weighted by Gasteiger charge is 2.38. The monoisotopic (exact) mass is 342 g/mol. The first-order chi connectivity index (χ1) is 10.7. The number of nitrogens with zero attached hydrogens (tertiary/aromatic N) is 1. The average Bonchev–Trinajstić information content (AvgIpc) is 2.56. The van der Waals surface area contributed by atoms with Gasteiger partial charge in [-0.05, 0) is 68.9 Å². The van der Waals surface area contributed by atoms with Gasteiger partial charge in [-0.3, -0.25) is 4.79 Å². The van der Waals surface area contributed by atoms with E-state index in [0.29, 0.717) is 23.2 Å². The normalized spacial score (nSPS) is 28.9. The van der Waals surface area contributed by atoms with Crippen LogP contribution >= 0.6 is 12.4 Å². The first-order valence-corrected chi connectivity index (χ1v) is 9.67. The summed E-state index contributed by atoms with van der Waals surface area (Å²) in [4.78, 5) is 15.0. The average molecular weight is 343 g/mol. The maximum atomic E-state index is 12.8. The van der Waals surface area contributed by atoms with Crippen molar-refractivity contribution >= 4 is 18.3 Å². The topological polar surface area (TPSA) is 32.3 Å². The largest absolute Gasteiger partial charge is 0.342 e. The second-order valence-corrected chi connectivity index (χ2v) is 8.27. The van der Waals surface area contributed by atoms with Crippen LogP contribution in [0.5, 0.6) is 0 Å². The molecular formula is C19H35ClN2O. The van der Waals surface area contributed by atoms with Gasteiger partial charge in [0.25, 0.3) is 0 Å². The first-order valence-electron chi connectivity index (χ1n) is 9.67. The summed E-state index contributed by atoms with van der Waals surface area (Å²) in [7, 11) is 0. The van der Waals surface area contributed by atoms with Crippen LogP contribution in [0.3, 0.4) is 0 Å². The second kappa shape index (κ2) is 8.71. The zero-order valence-corrected chi connectivity index (χ0v) is 15.6. The summed E-state index contributed by atoms with van der Waals surface area (Å²) in [5.74, 6) is 1.67. The van der Waals surface area contributed by atoms with E-state index in [-0.39, 0.29) is 12.4 Å². The number of carbonyl (C=O) groups excluding carboxylic acids is 1. The lowest BCUT2D eigenvalue weighted by molar-refractivity contribution is -0.136. The van der Waals surface area contributed by atoms with Gasteiger partial charge in [0.2, 0.25) is 5.91 Å². The number of rotatable bonds is 3. The Hall–Kier alpha value is -0.280. The van der Waals surface area contributed by atoms with Crippen molar-refractivity contribution in [2.75, 3.05) is 26.2 Å². The number of hydrogen-bond donors (Lipinski definition) is 1. The van der Waals surface area contributed by atoms with Crippen molar-refractivity contribution in [1.29, 1.82) is 0 Å². The number of carbonyl (C=O) groups is 1. The smallest absolute Gasteiger partial charge is 0.222 e. The van der Waals surface area contributed by atoms with Crippen LogP contribution in [-0.2, 0) is 4.79 Å². The van der Waals surface area contributed by atoms with Gasteiger partial charge in [0.1, 0.15) is 0 Å². The molecule has 0 aromatic carbocycles. The fourth-order valence-corrected chi connectivity index (χ4v) is 5.07. The zero-order valence-electron chi connectivity index (χ0n) is 14.8. The molecule has 3 nitrogen and oxygen atoms in total. The molecular weight excluding hydrogens is 308 g/mol. The highest BCUT2D eigenvalue weighted by Crippen LogP contribution is 2.43. The molecule has 23 heavy (non-hydrogen) atoms. The van der Waals surface area contributed by atoms with Crippen LogP contribution in [0.25, 0.3) is 0 Å². The maximum absolute atomic E-state index is 12.8. The van der Waals surface area contributed by atoms with Crippen molar-refractivity contribution in [2.45, 2.75) is 71.1 Å². The Morgan fingerprint density at radius 1 is 1.17 bits per heavy atom. The molecule has 2 saturated heterocycles. The fraction of sp³-hybridized carbons (Fsp3) is 0.947. The molecule has 2 unspecified atom stereocenters. The van der Waals surface area contributed by atoms with Gasteiger partial charge in [-0.1, -0.05) is 26.2 Å². The minimum Gasteiger partial charge on any atom is -0.342 e. The molecule has 3 fully saturated rings. The number of hydrogen-bond acceptors (Lipinski definition) is 2. The molecule has 134 valence electrons. The van der Waals surface area contributed by atoms with E-state index >= 15 is 0 Å². The van der Waals surface area contributed by atoms with Gasteiger partial charge in [0.15, 0.2) is 0 Å². The van der Waals surface area contributed by atoms with E-state index < -0.39 is 0 Å². The predicted molar refractivity (Wildman–Crippen MR) is 98.0 cm³/mol. The molecule has 0 radical (unpaired) electrons. The lowest BCUT2D eigenvalue weighted by Crippen LogP contribution is -2.47. The quantitative estimate of drug-likeness (QED) is 0.840. The number of halogens is 1. The Morgan fingerprint density at radius 2 is 1.91 bits per heavy atom. The van der Waals surface area contributed by atoms with Crippen LogP contribution in [0.2, 0.25) is 0 Å². The highest BCUT2D eigenvalue weighted by molar-refractivity contribution is 5.85. The summed E-state index contributed by atoms with van der Waals surface area (Å²) in [6, 6.07) is 0. The summed E-state index contributed by atoms with van der Waals surface area (Å²) in [6.45, 7) is 6.62. The van der Waals surface area contributed by atoms with Crippen LogP contribution in [-0.4, -0.2) is 37.0 Å². The third-order valence-electron chi connectivity index (χ3n) is 6.56. The van der Waals surface area contributed by atoms with Crippen LogP contribution < -0.4 is 5.32 Å². The molecule has 0 aromatic rings. The van der Waals surface area contributed by atoms with Crippen molar-refractivity contribution in [1.82, 2.24) is 10.2 Å². The van der Waals surface area contributed by atoms with Gasteiger partial charge >= 0.3 is 0 Å². The Morgan fingerprint density at radius 3 is 2.61 bits per heavy atom. The third-order valence-corrected chi connectivity index (χ3v) is 6.56. The van der Waals surface area contributed by atoms with Gasteiger partial charge in [-0.2, -0.15) is 0 Å². The van der Waals surface area contributed by atoms with Crippen LogP contribution in [0, 0.1) is 17.3 Å². The van der Waals surface area contributed by atoms with Crippen molar-refractivity contribution < 1.29 is 4.79 Å². The van der Waals surface area contributed by atoms with Gasteiger partial charge in [-0.15, -0.1) is 12.4 Å². The molecule has 2 heterocycles. The van der Waals surface area contributed by atoms with Crippen molar-refractivity contribution in [3.63, 3.8) is 0 Å². The van der Waals surface area contributed by atoms with Crippen molar-refractivity contribution in [3.8, 4) is 0 Å². The fourth-order valence-electron chi connectivity index (χ4n) is 5.07. The number of nitrogens with one attached hydrogen (secondary N) is 1. The molecule has 1 saturated carbocycles. The van der Waals surface area contributed by atoms with Gasteiger partial charge < -0.3 is 10.2 Å². The molecule has 0 bridgehead atoms. The van der Waals surface area contributed by atoms with Gasteiger partial charge in [-0.25, -0.2) is 0 Å². The Bertz CT molecular complexity index is 370. The van der Waals surface area contributed by atoms with Crippen LogP contribution in [0.4, 0.5) is 0 Å². The number of likely N-dealkylation sites (tertiary alicyclic amines) is 1. The Balaban J connectivity index is 0.00000192. The van der Waals surface area contributed by atoms with E-state index in [2.05, 4.69) is 17.1 Å². The summed E-state index contributed by atoms with van der Waals surface area (Å²) in [6.07, 6.45) is 12.8. The third kappa shape index (κ3) is 4.85. The summed E-state index contributed by atoms with van der Waals surface area (Å²) < 4.78 is 0. The zero-order chi connectivity index (χ0) is 15.4. The van der Waals surface area contributed by atoms with E-state index in [9.17, 15) is 4.79 Å². The van der Waals surface area contributed by atoms with E-state index in [4.69, 9.17) is 0 Å². The molecule has 1 aliphatic carbocycles. The highest BCUT2D eigenvalue weighted by atomic mass is 35.5. The maximum Gasteiger partial charge on any atom is 0.222 e. The molecule has 3 aliphatic rings. The summed E-state index contributed by atoms with van der Waals surface area (Å²) in [5.41, 5.74) is 0.488. The minimum absolute atomic E-state index is 0. The van der Waals surface area contributed by atoms with Gasteiger partial charge in [0, 0.05) is 19.5 Å². The molecule has 3 rings (SSSR count). The van der Waals surface area contributed by atoms with Gasteiger partial charge in [0.05, 0.1) is 0 Å². The number of amides is 1. The molecule has 0 aromatic heterocycles. The number of piperidine rings is 2. The molecule has 2 atom stereocenters. The molecule has 2 aliphatic heterocycles. The molecule has 1 spiro atoms. The SMILES string of the molecule is CC(CC(=O)N1CCCC2(CCCCC2)C1)C1CCCNC1.Cl. The van der Waals surface area contributed by atoms with E-state index in [0.717, 1.165) is 32.6 Å². The first kappa shape index (κ1) is 19.1. The minimum atomic E-state index is 0. The van der Waals surface area contributed by atoms with Crippen LogP contribution in [0.15, 0.2) is 0 Å². The Labute approximate surface area is 148 Å². The molecule has 1 N–H and O–H groups in total. The summed E-state index contributed by atoms with van der Waals surface area (Å²) in [5, 5.41) is 3.49. The Kier molecular flexibility index (Phi) is 7.21. The second-order valence-electron chi connectivity index (χ2n) is 8.27.